The molecule has 2 aliphatic rings. The first kappa shape index (κ1) is 18.4. The van der Waals surface area contributed by atoms with Crippen molar-refractivity contribution in [2.45, 2.75) is 45.7 Å². The second-order valence-corrected chi connectivity index (χ2v) is 7.82. The Morgan fingerprint density at radius 3 is 2.80 bits per heavy atom. The molecule has 2 aromatic rings. The quantitative estimate of drug-likeness (QED) is 0.879. The lowest BCUT2D eigenvalue weighted by Gasteiger charge is -2.29. The zero-order chi connectivity index (χ0) is 16.7. The number of aromatic nitrogens is 1. The molecule has 7 heteroatoms. The highest BCUT2D eigenvalue weighted by Gasteiger charge is 2.58. The molecule has 5 nitrogen and oxygen atoms in total. The van der Waals surface area contributed by atoms with Gasteiger partial charge in [-0.05, 0) is 67.1 Å². The number of hydrogen-bond acceptors (Lipinski definition) is 5. The molecule has 136 valence electrons. The second kappa shape index (κ2) is 7.09. The molecule has 1 unspecified atom stereocenters. The molecule has 1 spiro atoms. The Bertz CT molecular complexity index is 738. The van der Waals surface area contributed by atoms with Crippen molar-refractivity contribution in [2.24, 2.45) is 5.41 Å². The Morgan fingerprint density at radius 1 is 1.44 bits per heavy atom. The smallest absolute Gasteiger partial charge is 0.292 e. The molecule has 3 heterocycles. The number of piperidine rings is 1. The first-order valence-corrected chi connectivity index (χ1v) is 9.50. The number of nitrogens with one attached hydrogen (secondary N) is 1. The molecule has 25 heavy (non-hydrogen) atoms. The number of carbonyl (C=O) groups excluding carboxylic acids is 1. The van der Waals surface area contributed by atoms with Gasteiger partial charge in [0.2, 0.25) is 5.76 Å². The van der Waals surface area contributed by atoms with Crippen LogP contribution in [0.15, 0.2) is 21.2 Å². The van der Waals surface area contributed by atoms with Crippen LogP contribution in [-0.2, 0) is 6.54 Å². The average molecular weight is 382 g/mol. The van der Waals surface area contributed by atoms with Crippen LogP contribution in [0.2, 0.25) is 0 Å². The highest BCUT2D eigenvalue weighted by molar-refractivity contribution is 7.07. The summed E-state index contributed by atoms with van der Waals surface area (Å²) < 4.78 is 5.62. The zero-order valence-electron chi connectivity index (χ0n) is 14.6. The zero-order valence-corrected chi connectivity index (χ0v) is 16.2. The standard InChI is InChI=1S/C18H23N3O2S.ClH/c1-12-16(23-13(2)20-12)17(22)21(10-14-3-8-24-11-14)15-9-18(15)4-6-19-7-5-18;/h3,8,11,15,19H,4-7,9-10H2,1-2H3;1H. The maximum atomic E-state index is 13.2. The number of thiophene rings is 1. The number of hydrogen-bond donors (Lipinski definition) is 1. The van der Waals surface area contributed by atoms with E-state index in [0.717, 1.165) is 32.4 Å². The summed E-state index contributed by atoms with van der Waals surface area (Å²) in [6.07, 6.45) is 3.41. The summed E-state index contributed by atoms with van der Waals surface area (Å²) in [5.74, 6) is 0.942. The third-order valence-electron chi connectivity index (χ3n) is 5.41. The topological polar surface area (TPSA) is 58.4 Å². The van der Waals surface area contributed by atoms with Gasteiger partial charge in [0, 0.05) is 19.5 Å². The summed E-state index contributed by atoms with van der Waals surface area (Å²) in [5.41, 5.74) is 2.19. The molecule has 0 bridgehead atoms. The predicted molar refractivity (Wildman–Crippen MR) is 100 cm³/mol. The van der Waals surface area contributed by atoms with Gasteiger partial charge < -0.3 is 14.6 Å². The monoisotopic (exact) mass is 381 g/mol. The van der Waals surface area contributed by atoms with Gasteiger partial charge in [-0.15, -0.1) is 12.4 Å². The van der Waals surface area contributed by atoms with E-state index in [1.165, 1.54) is 5.56 Å². The van der Waals surface area contributed by atoms with Gasteiger partial charge in [0.25, 0.3) is 5.91 Å². The summed E-state index contributed by atoms with van der Waals surface area (Å²) in [6, 6.07) is 2.41. The molecule has 1 amide bonds. The van der Waals surface area contributed by atoms with Gasteiger partial charge in [-0.3, -0.25) is 4.79 Å². The van der Waals surface area contributed by atoms with Crippen LogP contribution in [0.1, 0.15) is 47.0 Å². The highest BCUT2D eigenvalue weighted by atomic mass is 35.5. The van der Waals surface area contributed by atoms with Crippen LogP contribution in [-0.4, -0.2) is 34.9 Å². The van der Waals surface area contributed by atoms with E-state index in [4.69, 9.17) is 4.42 Å². The SMILES string of the molecule is Cc1nc(C)c(C(=O)N(Cc2ccsc2)C2CC23CCNCC3)o1.Cl. The largest absolute Gasteiger partial charge is 0.436 e. The second-order valence-electron chi connectivity index (χ2n) is 7.04. The fourth-order valence-electron chi connectivity index (χ4n) is 3.99. The molecule has 1 aliphatic heterocycles. The van der Waals surface area contributed by atoms with Crippen molar-refractivity contribution in [1.82, 2.24) is 15.2 Å². The van der Waals surface area contributed by atoms with E-state index >= 15 is 0 Å². The number of amides is 1. The van der Waals surface area contributed by atoms with Crippen molar-refractivity contribution >= 4 is 29.7 Å². The molecule has 4 rings (SSSR count). The molecular formula is C18H24ClN3O2S. The average Bonchev–Trinajstić information content (AvgIpc) is 2.92. The fraction of sp³-hybridized carbons (Fsp3) is 0.556. The fourth-order valence-corrected chi connectivity index (χ4v) is 4.65. The van der Waals surface area contributed by atoms with Crippen LogP contribution < -0.4 is 5.32 Å². The molecule has 1 saturated heterocycles. The first-order chi connectivity index (χ1) is 11.6. The molecule has 0 radical (unpaired) electrons. The minimum Gasteiger partial charge on any atom is -0.436 e. The Hall–Kier alpha value is -1.37. The number of oxazole rings is 1. The number of halogens is 1. The van der Waals surface area contributed by atoms with Crippen molar-refractivity contribution in [3.05, 3.63) is 39.7 Å². The molecule has 1 atom stereocenters. The van der Waals surface area contributed by atoms with Gasteiger partial charge in [-0.1, -0.05) is 0 Å². The van der Waals surface area contributed by atoms with Crippen molar-refractivity contribution < 1.29 is 9.21 Å². The molecule has 0 aromatic carbocycles. The third kappa shape index (κ3) is 3.48. The van der Waals surface area contributed by atoms with Crippen molar-refractivity contribution in [3.63, 3.8) is 0 Å². The Kier molecular flexibility index (Phi) is 5.23. The molecular weight excluding hydrogens is 358 g/mol. The lowest BCUT2D eigenvalue weighted by Crippen LogP contribution is -2.39. The molecule has 1 saturated carbocycles. The first-order valence-electron chi connectivity index (χ1n) is 8.56. The lowest BCUT2D eigenvalue weighted by atomic mass is 9.93. The Labute approximate surface area is 158 Å². The van der Waals surface area contributed by atoms with Gasteiger partial charge in [0.1, 0.15) is 0 Å². The predicted octanol–water partition coefficient (Wildman–Crippen LogP) is 3.56. The summed E-state index contributed by atoms with van der Waals surface area (Å²) in [5, 5.41) is 7.61. The summed E-state index contributed by atoms with van der Waals surface area (Å²) in [6.45, 7) is 6.40. The van der Waals surface area contributed by atoms with E-state index in [1.807, 2.05) is 11.8 Å². The number of carbonyl (C=O) groups is 1. The third-order valence-corrected chi connectivity index (χ3v) is 6.15. The highest BCUT2D eigenvalue weighted by Crippen LogP contribution is 2.56. The molecule has 2 fully saturated rings. The van der Waals surface area contributed by atoms with E-state index in [0.29, 0.717) is 35.3 Å². The van der Waals surface area contributed by atoms with E-state index in [9.17, 15) is 4.79 Å². The Morgan fingerprint density at radius 2 is 2.20 bits per heavy atom. The summed E-state index contributed by atoms with van der Waals surface area (Å²) in [4.78, 5) is 19.5. The minimum atomic E-state index is -0.0142. The van der Waals surface area contributed by atoms with Gasteiger partial charge >= 0.3 is 0 Å². The van der Waals surface area contributed by atoms with E-state index in [2.05, 4.69) is 27.1 Å². The van der Waals surface area contributed by atoms with Crippen molar-refractivity contribution in [3.8, 4) is 0 Å². The van der Waals surface area contributed by atoms with E-state index in [1.54, 1.807) is 18.3 Å². The van der Waals surface area contributed by atoms with E-state index < -0.39 is 0 Å². The van der Waals surface area contributed by atoms with Crippen LogP contribution >= 0.6 is 23.7 Å². The van der Waals surface area contributed by atoms with Crippen molar-refractivity contribution in [2.75, 3.05) is 13.1 Å². The minimum absolute atomic E-state index is 0. The number of nitrogens with zero attached hydrogens (tertiary/aromatic N) is 2. The van der Waals surface area contributed by atoms with Crippen LogP contribution in [0.4, 0.5) is 0 Å². The normalized spacial score (nSPS) is 21.0. The Balaban J connectivity index is 0.00000182. The van der Waals surface area contributed by atoms with Crippen molar-refractivity contribution in [1.29, 1.82) is 0 Å². The molecule has 2 aromatic heterocycles. The lowest BCUT2D eigenvalue weighted by molar-refractivity contribution is 0.0657. The van der Waals surface area contributed by atoms with Crippen LogP contribution in [0, 0.1) is 19.3 Å². The van der Waals surface area contributed by atoms with Crippen LogP contribution in [0.25, 0.3) is 0 Å². The number of rotatable bonds is 4. The van der Waals surface area contributed by atoms with Gasteiger partial charge in [0.05, 0.1) is 5.69 Å². The number of aryl methyl sites for hydroxylation is 2. The van der Waals surface area contributed by atoms with E-state index in [-0.39, 0.29) is 18.3 Å². The van der Waals surface area contributed by atoms with Crippen LogP contribution in [0.3, 0.4) is 0 Å². The summed E-state index contributed by atoms with van der Waals surface area (Å²) in [7, 11) is 0. The maximum absolute atomic E-state index is 13.2. The molecule has 1 N–H and O–H groups in total. The van der Waals surface area contributed by atoms with Crippen LogP contribution in [0.5, 0.6) is 0 Å². The maximum Gasteiger partial charge on any atom is 0.292 e. The van der Waals surface area contributed by atoms with Gasteiger partial charge in [-0.25, -0.2) is 4.98 Å². The molecule has 1 aliphatic carbocycles. The van der Waals surface area contributed by atoms with Gasteiger partial charge in [0.15, 0.2) is 5.89 Å². The van der Waals surface area contributed by atoms with Gasteiger partial charge in [-0.2, -0.15) is 11.3 Å². The summed E-state index contributed by atoms with van der Waals surface area (Å²) >= 11 is 1.67.